The van der Waals surface area contributed by atoms with E-state index >= 15 is 0 Å². The first kappa shape index (κ1) is 18.1. The highest BCUT2D eigenvalue weighted by molar-refractivity contribution is 5.94. The summed E-state index contributed by atoms with van der Waals surface area (Å²) in [7, 11) is 0. The zero-order valence-electron chi connectivity index (χ0n) is 15.8. The van der Waals surface area contributed by atoms with Gasteiger partial charge in [0.15, 0.2) is 11.5 Å². The van der Waals surface area contributed by atoms with E-state index in [1.54, 1.807) is 18.2 Å². The summed E-state index contributed by atoms with van der Waals surface area (Å²) in [6.45, 7) is 4.69. The van der Waals surface area contributed by atoms with Crippen LogP contribution in [0.25, 0.3) is 0 Å². The van der Waals surface area contributed by atoms with Crippen LogP contribution in [-0.2, 0) is 13.1 Å². The van der Waals surface area contributed by atoms with Gasteiger partial charge in [0.2, 0.25) is 6.79 Å². The Hall–Kier alpha value is -3.28. The van der Waals surface area contributed by atoms with Crippen molar-refractivity contribution in [3.05, 3.63) is 82.4 Å². The zero-order valence-corrected chi connectivity index (χ0v) is 15.8. The predicted molar refractivity (Wildman–Crippen MR) is 103 cm³/mol. The molecule has 28 heavy (non-hydrogen) atoms. The lowest BCUT2D eigenvalue weighted by molar-refractivity contribution is 0.0941. The number of nitrogens with one attached hydrogen (secondary N) is 1. The molecule has 3 aromatic rings. The fourth-order valence-electron chi connectivity index (χ4n) is 3.47. The van der Waals surface area contributed by atoms with Crippen molar-refractivity contribution in [2.24, 2.45) is 0 Å². The van der Waals surface area contributed by atoms with E-state index in [-0.39, 0.29) is 18.5 Å². The largest absolute Gasteiger partial charge is 0.454 e. The molecule has 0 atom stereocenters. The number of benzene rings is 2. The van der Waals surface area contributed by atoms with E-state index in [2.05, 4.69) is 5.32 Å². The molecule has 144 valence electrons. The number of hydrogen-bond donors (Lipinski definition) is 1. The smallest absolute Gasteiger partial charge is 0.268 e. The second-order valence-corrected chi connectivity index (χ2v) is 6.87. The summed E-state index contributed by atoms with van der Waals surface area (Å²) in [5.74, 6) is 0.918. The van der Waals surface area contributed by atoms with Crippen LogP contribution >= 0.6 is 0 Å². The molecule has 0 aliphatic carbocycles. The molecule has 0 spiro atoms. The molecule has 2 aromatic carbocycles. The number of aromatic nitrogens is 1. The predicted octanol–water partition coefficient (Wildman–Crippen LogP) is 3.95. The maximum atomic E-state index is 14.1. The number of ether oxygens (including phenoxy) is 2. The van der Waals surface area contributed by atoms with Gasteiger partial charge in [0.1, 0.15) is 11.5 Å². The van der Waals surface area contributed by atoms with Gasteiger partial charge < -0.3 is 19.4 Å². The molecule has 1 aromatic heterocycles. The number of hydrogen-bond acceptors (Lipinski definition) is 3. The van der Waals surface area contributed by atoms with Crippen LogP contribution in [-0.4, -0.2) is 17.3 Å². The molecule has 0 saturated heterocycles. The van der Waals surface area contributed by atoms with Gasteiger partial charge in [-0.3, -0.25) is 4.79 Å². The second kappa shape index (κ2) is 7.38. The minimum atomic E-state index is -0.278. The highest BCUT2D eigenvalue weighted by atomic mass is 19.1. The van der Waals surface area contributed by atoms with E-state index in [1.807, 2.05) is 42.7 Å². The summed E-state index contributed by atoms with van der Waals surface area (Å²) in [4.78, 5) is 12.9. The van der Waals surface area contributed by atoms with Gasteiger partial charge in [-0.1, -0.05) is 24.3 Å². The number of aryl methyl sites for hydroxylation is 2. The molecule has 0 unspecified atom stereocenters. The summed E-state index contributed by atoms with van der Waals surface area (Å²) >= 11 is 0. The minimum Gasteiger partial charge on any atom is -0.454 e. The molecular weight excluding hydrogens is 359 g/mol. The van der Waals surface area contributed by atoms with E-state index in [0.29, 0.717) is 35.8 Å². The molecular formula is C22H21FN2O3. The topological polar surface area (TPSA) is 52.5 Å². The fraction of sp³-hybridized carbons (Fsp3) is 0.227. The number of nitrogens with zero attached hydrogens (tertiary/aromatic N) is 1. The number of fused-ring (bicyclic) bond motifs is 1. The zero-order chi connectivity index (χ0) is 19.7. The average Bonchev–Trinajstić information content (AvgIpc) is 3.25. The number of halogens is 1. The van der Waals surface area contributed by atoms with Gasteiger partial charge >= 0.3 is 0 Å². The van der Waals surface area contributed by atoms with E-state index < -0.39 is 0 Å². The van der Waals surface area contributed by atoms with Crippen LogP contribution in [0, 0.1) is 19.7 Å². The molecule has 1 aliphatic rings. The molecule has 1 N–H and O–H groups in total. The monoisotopic (exact) mass is 380 g/mol. The van der Waals surface area contributed by atoms with E-state index in [1.165, 1.54) is 6.07 Å². The molecule has 5 nitrogen and oxygen atoms in total. The third-order valence-electron chi connectivity index (χ3n) is 4.89. The second-order valence-electron chi connectivity index (χ2n) is 6.87. The normalized spacial score (nSPS) is 12.2. The first-order chi connectivity index (χ1) is 13.5. The highest BCUT2D eigenvalue weighted by Crippen LogP contribution is 2.32. The quantitative estimate of drug-likeness (QED) is 0.729. The molecule has 4 rings (SSSR count). The third-order valence-corrected chi connectivity index (χ3v) is 4.89. The van der Waals surface area contributed by atoms with Gasteiger partial charge in [-0.15, -0.1) is 0 Å². The molecule has 6 heteroatoms. The summed E-state index contributed by atoms with van der Waals surface area (Å²) in [6.07, 6.45) is 0. The Labute approximate surface area is 162 Å². The third kappa shape index (κ3) is 3.45. The number of amides is 1. The Kier molecular flexibility index (Phi) is 4.77. The van der Waals surface area contributed by atoms with E-state index in [9.17, 15) is 9.18 Å². The van der Waals surface area contributed by atoms with Gasteiger partial charge in [-0.2, -0.15) is 0 Å². The molecule has 1 aliphatic heterocycles. The maximum Gasteiger partial charge on any atom is 0.268 e. The summed E-state index contributed by atoms with van der Waals surface area (Å²) < 4.78 is 26.6. The van der Waals surface area contributed by atoms with Crippen molar-refractivity contribution >= 4 is 5.91 Å². The van der Waals surface area contributed by atoms with Crippen LogP contribution < -0.4 is 14.8 Å². The summed E-state index contributed by atoms with van der Waals surface area (Å²) in [5, 5.41) is 2.95. The van der Waals surface area contributed by atoms with E-state index in [4.69, 9.17) is 9.47 Å². The van der Waals surface area contributed by atoms with Crippen molar-refractivity contribution in [3.63, 3.8) is 0 Å². The van der Waals surface area contributed by atoms with Crippen LogP contribution in [0.5, 0.6) is 11.5 Å². The lowest BCUT2D eigenvalue weighted by Crippen LogP contribution is -2.26. The molecule has 0 radical (unpaired) electrons. The number of rotatable bonds is 5. The Morgan fingerprint density at radius 3 is 2.71 bits per heavy atom. The summed E-state index contributed by atoms with van der Waals surface area (Å²) in [5.41, 5.74) is 3.78. The molecule has 0 bridgehead atoms. The number of carbonyl (C=O) groups is 1. The van der Waals surface area contributed by atoms with Gasteiger partial charge in [0.05, 0.1) is 6.54 Å². The SMILES string of the molecule is Cc1cc(C)n(Cc2ccccc2F)c1C(=O)NCc1ccc2c(c1)OCO2. The van der Waals surface area contributed by atoms with Crippen molar-refractivity contribution in [3.8, 4) is 11.5 Å². The Bertz CT molecular complexity index is 1040. The first-order valence-electron chi connectivity index (χ1n) is 9.10. The Morgan fingerprint density at radius 1 is 1.11 bits per heavy atom. The van der Waals surface area contributed by atoms with Crippen LogP contribution in [0.15, 0.2) is 48.5 Å². The molecule has 0 saturated carbocycles. The highest BCUT2D eigenvalue weighted by Gasteiger charge is 2.19. The molecule has 2 heterocycles. The van der Waals surface area contributed by atoms with Gasteiger partial charge in [-0.25, -0.2) is 4.39 Å². The van der Waals surface area contributed by atoms with Gasteiger partial charge in [0.25, 0.3) is 5.91 Å². The summed E-state index contributed by atoms with van der Waals surface area (Å²) in [6, 6.07) is 14.1. The van der Waals surface area contributed by atoms with Crippen LogP contribution in [0.4, 0.5) is 4.39 Å². The van der Waals surface area contributed by atoms with Crippen molar-refractivity contribution < 1.29 is 18.7 Å². The van der Waals surface area contributed by atoms with Gasteiger partial charge in [-0.05, 0) is 49.2 Å². The van der Waals surface area contributed by atoms with Crippen molar-refractivity contribution in [2.45, 2.75) is 26.9 Å². The van der Waals surface area contributed by atoms with Crippen LogP contribution in [0.3, 0.4) is 0 Å². The Morgan fingerprint density at radius 2 is 1.89 bits per heavy atom. The fourth-order valence-corrected chi connectivity index (χ4v) is 3.47. The van der Waals surface area contributed by atoms with Gasteiger partial charge in [0, 0.05) is 17.8 Å². The first-order valence-corrected chi connectivity index (χ1v) is 9.10. The molecule has 1 amide bonds. The van der Waals surface area contributed by atoms with Crippen LogP contribution in [0.1, 0.15) is 32.9 Å². The average molecular weight is 380 g/mol. The maximum absolute atomic E-state index is 14.1. The number of carbonyl (C=O) groups excluding carboxylic acids is 1. The standard InChI is InChI=1S/C22H21FN2O3/c1-14-9-15(2)25(12-17-5-3-4-6-18(17)23)21(14)22(26)24-11-16-7-8-19-20(10-16)28-13-27-19/h3-10H,11-13H2,1-2H3,(H,24,26). The van der Waals surface area contributed by atoms with Crippen molar-refractivity contribution in [1.82, 2.24) is 9.88 Å². The Balaban J connectivity index is 1.53. The van der Waals surface area contributed by atoms with Crippen molar-refractivity contribution in [1.29, 1.82) is 0 Å². The lowest BCUT2D eigenvalue weighted by Gasteiger charge is -2.14. The van der Waals surface area contributed by atoms with E-state index in [0.717, 1.165) is 16.8 Å². The molecule has 0 fully saturated rings. The minimum absolute atomic E-state index is 0.195. The lowest BCUT2D eigenvalue weighted by atomic mass is 10.2. The van der Waals surface area contributed by atoms with Crippen molar-refractivity contribution in [2.75, 3.05) is 6.79 Å². The van der Waals surface area contributed by atoms with Crippen LogP contribution in [0.2, 0.25) is 0 Å².